The Morgan fingerprint density at radius 1 is 1.14 bits per heavy atom. The van der Waals surface area contributed by atoms with E-state index in [9.17, 15) is 26.7 Å². The van der Waals surface area contributed by atoms with Gasteiger partial charge in [-0.2, -0.15) is 13.2 Å². The molecule has 0 atom stereocenters. The molecule has 0 heterocycles. The summed E-state index contributed by atoms with van der Waals surface area (Å²) in [5, 5.41) is 12.8. The summed E-state index contributed by atoms with van der Waals surface area (Å²) in [6, 6.07) is 6.09. The molecule has 2 aromatic carbocycles. The lowest BCUT2D eigenvalue weighted by atomic mass is 10.1. The van der Waals surface area contributed by atoms with Gasteiger partial charge in [-0.15, -0.1) is 0 Å². The first-order valence-corrected chi connectivity index (χ1v) is 8.21. The van der Waals surface area contributed by atoms with Gasteiger partial charge in [-0.25, -0.2) is 13.6 Å². The number of nitrogens with two attached hydrogens (primary N) is 1. The molecule has 0 unspecified atom stereocenters. The SMILES string of the molecule is NC1CC1.O=C(O)NCc1ccc(Nc2ccc(F)cc2C(F)(F)F)cc1F. The molecule has 0 spiro atoms. The van der Waals surface area contributed by atoms with Crippen molar-refractivity contribution in [2.45, 2.75) is 31.6 Å². The quantitative estimate of drug-likeness (QED) is 0.562. The van der Waals surface area contributed by atoms with Gasteiger partial charge in [0, 0.05) is 23.8 Å². The standard InChI is InChI=1S/C15H11F5N2O2.C3H7N/c16-9-2-4-13(11(5-9)15(18,19)20)22-10-3-1-8(12(17)6-10)7-21-14(23)24;4-3-1-2-3/h1-6,21-22H,7H2,(H,23,24);3H,1-2,4H2. The molecule has 1 aliphatic carbocycles. The normalized spacial score (nSPS) is 13.4. The van der Waals surface area contributed by atoms with Gasteiger partial charge in [-0.1, -0.05) is 6.07 Å². The summed E-state index contributed by atoms with van der Waals surface area (Å²) in [5.74, 6) is -1.85. The highest BCUT2D eigenvalue weighted by atomic mass is 19.4. The van der Waals surface area contributed by atoms with Crippen molar-refractivity contribution in [3.8, 4) is 0 Å². The Morgan fingerprint density at radius 2 is 1.79 bits per heavy atom. The summed E-state index contributed by atoms with van der Waals surface area (Å²) in [6.07, 6.45) is -3.59. The second-order valence-electron chi connectivity index (χ2n) is 6.11. The molecule has 1 amide bonds. The minimum Gasteiger partial charge on any atom is -0.465 e. The van der Waals surface area contributed by atoms with Crippen LogP contribution < -0.4 is 16.4 Å². The summed E-state index contributed by atoms with van der Waals surface area (Å²) >= 11 is 0. The number of amides is 1. The highest BCUT2D eigenvalue weighted by Gasteiger charge is 2.34. The second kappa shape index (κ2) is 8.87. The number of anilines is 2. The van der Waals surface area contributed by atoms with Crippen LogP contribution in [0.2, 0.25) is 0 Å². The Hall–Kier alpha value is -2.88. The van der Waals surface area contributed by atoms with Crippen LogP contribution in [0.3, 0.4) is 0 Å². The van der Waals surface area contributed by atoms with E-state index in [1.165, 1.54) is 25.0 Å². The smallest absolute Gasteiger partial charge is 0.418 e. The molecular weight excluding hydrogens is 385 g/mol. The first kappa shape index (κ1) is 21.4. The van der Waals surface area contributed by atoms with Crippen molar-refractivity contribution < 1.29 is 31.9 Å². The second-order valence-corrected chi connectivity index (χ2v) is 6.11. The Morgan fingerprint density at radius 3 is 2.29 bits per heavy atom. The first-order valence-electron chi connectivity index (χ1n) is 8.21. The maximum absolute atomic E-state index is 13.8. The summed E-state index contributed by atoms with van der Waals surface area (Å²) in [6.45, 7) is -0.286. The third-order valence-corrected chi connectivity index (χ3v) is 3.67. The molecule has 1 aliphatic rings. The molecule has 0 saturated heterocycles. The van der Waals surface area contributed by atoms with E-state index in [1.54, 1.807) is 0 Å². The molecule has 5 nitrogen and oxygen atoms in total. The van der Waals surface area contributed by atoms with Gasteiger partial charge in [0.25, 0.3) is 0 Å². The lowest BCUT2D eigenvalue weighted by Gasteiger charge is -2.15. The highest BCUT2D eigenvalue weighted by molar-refractivity contribution is 5.65. The predicted octanol–water partition coefficient (Wildman–Crippen LogP) is 4.60. The molecule has 10 heteroatoms. The van der Waals surface area contributed by atoms with Crippen LogP contribution >= 0.6 is 0 Å². The largest absolute Gasteiger partial charge is 0.465 e. The average Bonchev–Trinajstić information content (AvgIpc) is 3.37. The number of hydrogen-bond donors (Lipinski definition) is 4. The number of nitrogens with one attached hydrogen (secondary N) is 2. The Kier molecular flexibility index (Phi) is 6.79. The lowest BCUT2D eigenvalue weighted by Crippen LogP contribution is -2.20. The predicted molar refractivity (Wildman–Crippen MR) is 93.2 cm³/mol. The fraction of sp³-hybridized carbons (Fsp3) is 0.278. The van der Waals surface area contributed by atoms with Crippen LogP contribution in [0.25, 0.3) is 0 Å². The van der Waals surface area contributed by atoms with Gasteiger partial charge < -0.3 is 21.5 Å². The van der Waals surface area contributed by atoms with Gasteiger partial charge >= 0.3 is 12.3 Å². The van der Waals surface area contributed by atoms with Crippen LogP contribution in [0.4, 0.5) is 38.1 Å². The van der Waals surface area contributed by atoms with Crippen molar-refractivity contribution in [1.82, 2.24) is 5.32 Å². The van der Waals surface area contributed by atoms with Gasteiger partial charge in [0.15, 0.2) is 0 Å². The fourth-order valence-electron chi connectivity index (χ4n) is 2.05. The zero-order valence-corrected chi connectivity index (χ0v) is 14.5. The van der Waals surface area contributed by atoms with E-state index >= 15 is 0 Å². The van der Waals surface area contributed by atoms with Crippen LogP contribution in [0.5, 0.6) is 0 Å². The van der Waals surface area contributed by atoms with E-state index in [1.807, 2.05) is 5.32 Å². The average molecular weight is 403 g/mol. The van der Waals surface area contributed by atoms with Crippen LogP contribution in [-0.2, 0) is 12.7 Å². The Balaban J connectivity index is 0.000000620. The van der Waals surface area contributed by atoms with Crippen molar-refractivity contribution in [2.24, 2.45) is 5.73 Å². The molecule has 0 aliphatic heterocycles. The maximum atomic E-state index is 13.8. The third kappa shape index (κ3) is 6.69. The molecule has 152 valence electrons. The van der Waals surface area contributed by atoms with E-state index in [0.29, 0.717) is 12.1 Å². The number of carboxylic acid groups (broad SMARTS) is 1. The van der Waals surface area contributed by atoms with Gasteiger partial charge in [-0.05, 0) is 43.2 Å². The van der Waals surface area contributed by atoms with Gasteiger partial charge in [0.05, 0.1) is 11.3 Å². The topological polar surface area (TPSA) is 87.4 Å². The van der Waals surface area contributed by atoms with Crippen molar-refractivity contribution in [1.29, 1.82) is 0 Å². The van der Waals surface area contributed by atoms with Crippen LogP contribution in [0.15, 0.2) is 36.4 Å². The number of halogens is 5. The molecule has 3 rings (SSSR count). The number of carbonyl (C=O) groups is 1. The maximum Gasteiger partial charge on any atom is 0.418 e. The molecule has 5 N–H and O–H groups in total. The summed E-state index contributed by atoms with van der Waals surface area (Å²) < 4.78 is 65.6. The molecule has 0 radical (unpaired) electrons. The Bertz CT molecular complexity index is 838. The summed E-state index contributed by atoms with van der Waals surface area (Å²) in [4.78, 5) is 10.4. The fourth-order valence-corrected chi connectivity index (χ4v) is 2.05. The van der Waals surface area contributed by atoms with Crippen LogP contribution in [-0.4, -0.2) is 17.2 Å². The number of alkyl halides is 3. The molecule has 28 heavy (non-hydrogen) atoms. The zero-order chi connectivity index (χ0) is 20.9. The van der Waals surface area contributed by atoms with E-state index < -0.39 is 35.2 Å². The van der Waals surface area contributed by atoms with Crippen molar-refractivity contribution in [3.63, 3.8) is 0 Å². The number of benzene rings is 2. The number of rotatable bonds is 4. The minimum atomic E-state index is -4.78. The molecule has 0 bridgehead atoms. The van der Waals surface area contributed by atoms with E-state index in [4.69, 9.17) is 10.8 Å². The summed E-state index contributed by atoms with van der Waals surface area (Å²) in [7, 11) is 0. The van der Waals surface area contributed by atoms with E-state index in [0.717, 1.165) is 18.2 Å². The molecule has 2 aromatic rings. The Labute approximate surface area is 157 Å². The van der Waals surface area contributed by atoms with Gasteiger partial charge in [0.2, 0.25) is 0 Å². The minimum absolute atomic E-state index is 0.00341. The van der Waals surface area contributed by atoms with E-state index in [2.05, 4.69) is 5.32 Å². The molecule has 1 saturated carbocycles. The first-order chi connectivity index (χ1) is 13.1. The third-order valence-electron chi connectivity index (χ3n) is 3.67. The monoisotopic (exact) mass is 403 g/mol. The van der Waals surface area contributed by atoms with Gasteiger partial charge in [-0.3, -0.25) is 0 Å². The lowest BCUT2D eigenvalue weighted by molar-refractivity contribution is -0.137. The molecular formula is C18H18F5N3O2. The number of hydrogen-bond acceptors (Lipinski definition) is 3. The van der Waals surface area contributed by atoms with Crippen molar-refractivity contribution in [3.05, 3.63) is 59.2 Å². The van der Waals surface area contributed by atoms with Crippen LogP contribution in [0.1, 0.15) is 24.0 Å². The molecule has 1 fully saturated rings. The molecule has 0 aromatic heterocycles. The van der Waals surface area contributed by atoms with Crippen molar-refractivity contribution >= 4 is 17.5 Å². The van der Waals surface area contributed by atoms with Gasteiger partial charge in [0.1, 0.15) is 11.6 Å². The van der Waals surface area contributed by atoms with Crippen LogP contribution in [0, 0.1) is 11.6 Å². The highest BCUT2D eigenvalue weighted by Crippen LogP contribution is 2.36. The van der Waals surface area contributed by atoms with Crippen molar-refractivity contribution in [2.75, 3.05) is 5.32 Å². The zero-order valence-electron chi connectivity index (χ0n) is 14.5. The summed E-state index contributed by atoms with van der Waals surface area (Å²) in [5.41, 5.74) is 3.60. The van der Waals surface area contributed by atoms with E-state index in [-0.39, 0.29) is 17.8 Å².